The first-order chi connectivity index (χ1) is 7.69. The molecule has 1 aromatic rings. The van der Waals surface area contributed by atoms with Crippen molar-refractivity contribution in [3.63, 3.8) is 0 Å². The first kappa shape index (κ1) is 12.3. The van der Waals surface area contributed by atoms with Gasteiger partial charge in [0.2, 0.25) is 0 Å². The van der Waals surface area contributed by atoms with Crippen LogP contribution in [0.4, 0.5) is 5.69 Å². The van der Waals surface area contributed by atoms with Crippen LogP contribution in [0.1, 0.15) is 11.7 Å². The molecule has 2 unspecified atom stereocenters. The SMILES string of the molecule is [N-]=[N+]=NCC(O)C(O)c1cccc(NN)c1. The Labute approximate surface area is 92.1 Å². The summed E-state index contributed by atoms with van der Waals surface area (Å²) in [5.41, 5.74) is 11.6. The van der Waals surface area contributed by atoms with E-state index in [1.165, 1.54) is 0 Å². The van der Waals surface area contributed by atoms with Crippen molar-refractivity contribution in [1.82, 2.24) is 0 Å². The van der Waals surface area contributed by atoms with Crippen molar-refractivity contribution in [1.29, 1.82) is 0 Å². The minimum atomic E-state index is -1.14. The number of nitrogen functional groups attached to an aromatic ring is 1. The summed E-state index contributed by atoms with van der Waals surface area (Å²) in [5, 5.41) is 22.4. The molecule has 0 spiro atoms. The number of anilines is 1. The molecule has 0 saturated carbocycles. The summed E-state index contributed by atoms with van der Waals surface area (Å²) in [6, 6.07) is 6.65. The van der Waals surface area contributed by atoms with Crippen molar-refractivity contribution < 1.29 is 10.2 Å². The van der Waals surface area contributed by atoms with Crippen LogP contribution in [-0.4, -0.2) is 22.9 Å². The third kappa shape index (κ3) is 3.11. The van der Waals surface area contributed by atoms with Crippen LogP contribution >= 0.6 is 0 Å². The molecule has 7 heteroatoms. The third-order valence-corrected chi connectivity index (χ3v) is 2.09. The van der Waals surface area contributed by atoms with Gasteiger partial charge in [0.05, 0.1) is 12.6 Å². The number of hydrogen-bond acceptors (Lipinski definition) is 5. The van der Waals surface area contributed by atoms with Crippen LogP contribution in [0.25, 0.3) is 10.4 Å². The van der Waals surface area contributed by atoms with E-state index >= 15 is 0 Å². The van der Waals surface area contributed by atoms with E-state index in [9.17, 15) is 10.2 Å². The van der Waals surface area contributed by atoms with Crippen molar-refractivity contribution in [2.45, 2.75) is 12.2 Å². The molecule has 1 aromatic carbocycles. The highest BCUT2D eigenvalue weighted by molar-refractivity contribution is 5.45. The number of nitrogens with two attached hydrogens (primary N) is 1. The van der Waals surface area contributed by atoms with Gasteiger partial charge in [-0.2, -0.15) is 0 Å². The molecule has 16 heavy (non-hydrogen) atoms. The predicted octanol–water partition coefficient (Wildman–Crippen LogP) is 0.677. The standard InChI is InChI=1S/C9H13N5O2/c10-13-7-3-1-2-6(4-7)9(16)8(15)5-12-14-11/h1-4,8-9,13,15-16H,5,10H2. The largest absolute Gasteiger partial charge is 0.390 e. The summed E-state index contributed by atoms with van der Waals surface area (Å²) in [6.07, 6.45) is -2.25. The van der Waals surface area contributed by atoms with Gasteiger partial charge in [-0.15, -0.1) is 0 Å². The Balaban J connectivity index is 2.78. The summed E-state index contributed by atoms with van der Waals surface area (Å²) >= 11 is 0. The Morgan fingerprint density at radius 2 is 2.25 bits per heavy atom. The fourth-order valence-corrected chi connectivity index (χ4v) is 1.25. The smallest absolute Gasteiger partial charge is 0.105 e. The molecule has 0 aliphatic carbocycles. The molecule has 0 saturated heterocycles. The minimum absolute atomic E-state index is 0.183. The summed E-state index contributed by atoms with van der Waals surface area (Å²) in [6.45, 7) is -0.183. The minimum Gasteiger partial charge on any atom is -0.390 e. The van der Waals surface area contributed by atoms with Gasteiger partial charge in [0, 0.05) is 10.6 Å². The highest BCUT2D eigenvalue weighted by Crippen LogP contribution is 2.20. The number of aliphatic hydroxyl groups is 2. The third-order valence-electron chi connectivity index (χ3n) is 2.09. The van der Waals surface area contributed by atoms with Crippen LogP contribution in [0, 0.1) is 0 Å². The van der Waals surface area contributed by atoms with Gasteiger partial charge < -0.3 is 15.6 Å². The lowest BCUT2D eigenvalue weighted by molar-refractivity contribution is 0.0244. The topological polar surface area (TPSA) is 127 Å². The van der Waals surface area contributed by atoms with Gasteiger partial charge in [0.1, 0.15) is 6.10 Å². The average molecular weight is 223 g/mol. The lowest BCUT2D eigenvalue weighted by Crippen LogP contribution is -2.21. The summed E-state index contributed by atoms with van der Waals surface area (Å²) < 4.78 is 0. The first-order valence-corrected chi connectivity index (χ1v) is 4.62. The molecule has 2 atom stereocenters. The molecule has 7 nitrogen and oxygen atoms in total. The number of hydrogen-bond donors (Lipinski definition) is 4. The highest BCUT2D eigenvalue weighted by atomic mass is 16.3. The number of nitrogens with zero attached hydrogens (tertiary/aromatic N) is 3. The molecule has 0 radical (unpaired) electrons. The van der Waals surface area contributed by atoms with Crippen molar-refractivity contribution in [2.75, 3.05) is 12.0 Å². The van der Waals surface area contributed by atoms with Crippen LogP contribution in [0.5, 0.6) is 0 Å². The van der Waals surface area contributed by atoms with Crippen LogP contribution < -0.4 is 11.3 Å². The number of azide groups is 1. The Bertz CT molecular complexity index is 391. The maximum absolute atomic E-state index is 9.73. The van der Waals surface area contributed by atoms with Crippen molar-refractivity contribution in [3.05, 3.63) is 40.3 Å². The van der Waals surface area contributed by atoms with Crippen molar-refractivity contribution in [2.24, 2.45) is 11.0 Å². The van der Waals surface area contributed by atoms with Crippen molar-refractivity contribution >= 4 is 5.69 Å². The lowest BCUT2D eigenvalue weighted by Gasteiger charge is -2.16. The first-order valence-electron chi connectivity index (χ1n) is 4.62. The molecule has 0 fully saturated rings. The van der Waals surface area contributed by atoms with Gasteiger partial charge in [-0.05, 0) is 23.2 Å². The van der Waals surface area contributed by atoms with Crippen LogP contribution in [-0.2, 0) is 0 Å². The van der Waals surface area contributed by atoms with Crippen LogP contribution in [0.3, 0.4) is 0 Å². The van der Waals surface area contributed by atoms with E-state index in [4.69, 9.17) is 11.4 Å². The van der Waals surface area contributed by atoms with Gasteiger partial charge in [-0.1, -0.05) is 17.2 Å². The van der Waals surface area contributed by atoms with E-state index in [1.54, 1.807) is 24.3 Å². The van der Waals surface area contributed by atoms with Gasteiger partial charge >= 0.3 is 0 Å². The van der Waals surface area contributed by atoms with Gasteiger partial charge in [-0.3, -0.25) is 5.84 Å². The average Bonchev–Trinajstić information content (AvgIpc) is 2.35. The molecule has 0 aliphatic heterocycles. The van der Waals surface area contributed by atoms with E-state index in [2.05, 4.69) is 15.5 Å². The molecule has 0 heterocycles. The zero-order chi connectivity index (χ0) is 12.0. The number of benzene rings is 1. The molecule has 86 valence electrons. The summed E-state index contributed by atoms with van der Waals surface area (Å²) in [4.78, 5) is 2.51. The van der Waals surface area contributed by atoms with E-state index in [1.807, 2.05) is 0 Å². The maximum atomic E-state index is 9.73. The predicted molar refractivity (Wildman–Crippen MR) is 59.2 cm³/mol. The second-order valence-corrected chi connectivity index (χ2v) is 3.20. The highest BCUT2D eigenvalue weighted by Gasteiger charge is 2.17. The molecular formula is C9H13N5O2. The Kier molecular flexibility index (Phi) is 4.56. The van der Waals surface area contributed by atoms with E-state index in [0.29, 0.717) is 11.3 Å². The molecule has 0 amide bonds. The number of rotatable bonds is 5. The fraction of sp³-hybridized carbons (Fsp3) is 0.333. The zero-order valence-corrected chi connectivity index (χ0v) is 8.48. The zero-order valence-electron chi connectivity index (χ0n) is 8.48. The second kappa shape index (κ2) is 5.94. The van der Waals surface area contributed by atoms with Crippen LogP contribution in [0.15, 0.2) is 29.4 Å². The fourth-order valence-electron chi connectivity index (χ4n) is 1.25. The Morgan fingerprint density at radius 1 is 1.50 bits per heavy atom. The molecule has 5 N–H and O–H groups in total. The molecule has 1 rings (SSSR count). The summed E-state index contributed by atoms with van der Waals surface area (Å²) in [7, 11) is 0. The monoisotopic (exact) mass is 223 g/mol. The number of hydrazine groups is 1. The Morgan fingerprint density at radius 3 is 2.88 bits per heavy atom. The summed E-state index contributed by atoms with van der Waals surface area (Å²) in [5.74, 6) is 5.21. The van der Waals surface area contributed by atoms with Crippen molar-refractivity contribution in [3.8, 4) is 0 Å². The number of nitrogens with one attached hydrogen (secondary N) is 1. The normalized spacial score (nSPS) is 13.7. The second-order valence-electron chi connectivity index (χ2n) is 3.20. The van der Waals surface area contributed by atoms with E-state index in [0.717, 1.165) is 0 Å². The quantitative estimate of drug-likeness (QED) is 0.192. The Hall–Kier alpha value is -1.79. The maximum Gasteiger partial charge on any atom is 0.105 e. The van der Waals surface area contributed by atoms with E-state index < -0.39 is 12.2 Å². The van der Waals surface area contributed by atoms with Gasteiger partial charge in [-0.25, -0.2) is 0 Å². The molecule has 0 aliphatic rings. The molecule has 0 aromatic heterocycles. The van der Waals surface area contributed by atoms with Gasteiger partial charge in [0.15, 0.2) is 0 Å². The molecular weight excluding hydrogens is 210 g/mol. The number of aliphatic hydroxyl groups excluding tert-OH is 2. The van der Waals surface area contributed by atoms with E-state index in [-0.39, 0.29) is 6.54 Å². The lowest BCUT2D eigenvalue weighted by atomic mass is 10.0. The molecule has 0 bridgehead atoms. The van der Waals surface area contributed by atoms with Crippen LogP contribution in [0.2, 0.25) is 0 Å². The van der Waals surface area contributed by atoms with Gasteiger partial charge in [0.25, 0.3) is 0 Å².